The predicted molar refractivity (Wildman–Crippen MR) is 60.5 cm³/mol. The maximum absolute atomic E-state index is 5.56. The SMILES string of the molecule is Cc1cc(NCCCCl)ncc1Br. The van der Waals surface area contributed by atoms with Crippen molar-refractivity contribution in [1.29, 1.82) is 0 Å². The number of alkyl halides is 1. The van der Waals surface area contributed by atoms with Gasteiger partial charge in [0.1, 0.15) is 5.82 Å². The molecule has 0 fully saturated rings. The molecule has 0 aromatic carbocycles. The Hall–Kier alpha value is -0.280. The fourth-order valence-corrected chi connectivity index (χ4v) is 1.27. The quantitative estimate of drug-likeness (QED) is 0.666. The summed E-state index contributed by atoms with van der Waals surface area (Å²) in [5.74, 6) is 1.59. The predicted octanol–water partition coefficient (Wildman–Crippen LogP) is 3.19. The van der Waals surface area contributed by atoms with Gasteiger partial charge in [0, 0.05) is 23.1 Å². The van der Waals surface area contributed by atoms with E-state index < -0.39 is 0 Å². The molecule has 0 bridgehead atoms. The molecule has 0 radical (unpaired) electrons. The lowest BCUT2D eigenvalue weighted by Gasteiger charge is -2.05. The minimum atomic E-state index is 0.683. The summed E-state index contributed by atoms with van der Waals surface area (Å²) in [6.07, 6.45) is 2.76. The topological polar surface area (TPSA) is 24.9 Å². The number of hydrogen-bond acceptors (Lipinski definition) is 2. The first-order valence-corrected chi connectivity index (χ1v) is 5.49. The van der Waals surface area contributed by atoms with Gasteiger partial charge in [0.15, 0.2) is 0 Å². The number of aryl methyl sites for hydroxylation is 1. The zero-order valence-corrected chi connectivity index (χ0v) is 9.82. The summed E-state index contributed by atoms with van der Waals surface area (Å²) in [7, 11) is 0. The molecular formula is C9H12BrClN2. The molecule has 0 aliphatic heterocycles. The third-order valence-electron chi connectivity index (χ3n) is 1.66. The van der Waals surface area contributed by atoms with Gasteiger partial charge in [0.2, 0.25) is 0 Å². The number of nitrogens with one attached hydrogen (secondary N) is 1. The van der Waals surface area contributed by atoms with Crippen molar-refractivity contribution in [1.82, 2.24) is 4.98 Å². The molecule has 0 saturated carbocycles. The second-order valence-corrected chi connectivity index (χ2v) is 4.02. The van der Waals surface area contributed by atoms with Crippen molar-refractivity contribution in [2.75, 3.05) is 17.7 Å². The lowest BCUT2D eigenvalue weighted by Crippen LogP contribution is -2.03. The molecule has 2 nitrogen and oxygen atoms in total. The third kappa shape index (κ3) is 3.53. The summed E-state index contributed by atoms with van der Waals surface area (Å²) < 4.78 is 1.04. The van der Waals surface area contributed by atoms with Crippen LogP contribution in [0.3, 0.4) is 0 Å². The van der Waals surface area contributed by atoms with Gasteiger partial charge in [-0.25, -0.2) is 4.98 Å². The number of hydrogen-bond donors (Lipinski definition) is 1. The molecule has 1 aromatic heterocycles. The fourth-order valence-electron chi connectivity index (χ4n) is 0.919. The van der Waals surface area contributed by atoms with Gasteiger partial charge in [-0.1, -0.05) is 0 Å². The number of pyridine rings is 1. The van der Waals surface area contributed by atoms with Gasteiger partial charge in [-0.3, -0.25) is 0 Å². The van der Waals surface area contributed by atoms with Crippen LogP contribution in [0.1, 0.15) is 12.0 Å². The zero-order valence-electron chi connectivity index (χ0n) is 7.48. The van der Waals surface area contributed by atoms with Crippen molar-refractivity contribution in [3.8, 4) is 0 Å². The molecule has 0 unspecified atom stereocenters. The first-order valence-electron chi connectivity index (χ1n) is 4.16. The van der Waals surface area contributed by atoms with Gasteiger partial charge < -0.3 is 5.32 Å². The summed E-state index contributed by atoms with van der Waals surface area (Å²) in [5.41, 5.74) is 1.18. The number of nitrogens with zero attached hydrogens (tertiary/aromatic N) is 1. The molecule has 1 N–H and O–H groups in total. The fraction of sp³-hybridized carbons (Fsp3) is 0.444. The molecule has 1 aromatic rings. The molecular weight excluding hydrogens is 251 g/mol. The maximum Gasteiger partial charge on any atom is 0.126 e. The van der Waals surface area contributed by atoms with Crippen LogP contribution in [0.15, 0.2) is 16.7 Å². The van der Waals surface area contributed by atoms with Crippen LogP contribution in [0, 0.1) is 6.92 Å². The van der Waals surface area contributed by atoms with Gasteiger partial charge in [0.25, 0.3) is 0 Å². The molecule has 0 atom stereocenters. The van der Waals surface area contributed by atoms with Gasteiger partial charge in [-0.15, -0.1) is 11.6 Å². The Labute approximate surface area is 91.8 Å². The van der Waals surface area contributed by atoms with E-state index in [0.717, 1.165) is 23.3 Å². The largest absolute Gasteiger partial charge is 0.370 e. The Kier molecular flexibility index (Phi) is 4.53. The highest BCUT2D eigenvalue weighted by Gasteiger charge is 1.97. The second-order valence-electron chi connectivity index (χ2n) is 2.79. The van der Waals surface area contributed by atoms with Crippen LogP contribution in [0.4, 0.5) is 5.82 Å². The van der Waals surface area contributed by atoms with Crippen molar-refractivity contribution >= 4 is 33.3 Å². The Bertz CT molecular complexity index is 278. The van der Waals surface area contributed by atoms with Crippen molar-refractivity contribution in [3.05, 3.63) is 22.3 Å². The molecule has 72 valence electrons. The minimum Gasteiger partial charge on any atom is -0.370 e. The highest BCUT2D eigenvalue weighted by Crippen LogP contribution is 2.16. The highest BCUT2D eigenvalue weighted by atomic mass is 79.9. The Morgan fingerprint density at radius 3 is 3.00 bits per heavy atom. The molecule has 13 heavy (non-hydrogen) atoms. The van der Waals surface area contributed by atoms with E-state index in [2.05, 4.69) is 26.2 Å². The summed E-state index contributed by atoms with van der Waals surface area (Å²) in [6, 6.07) is 2.01. The highest BCUT2D eigenvalue weighted by molar-refractivity contribution is 9.10. The van der Waals surface area contributed by atoms with E-state index in [9.17, 15) is 0 Å². The smallest absolute Gasteiger partial charge is 0.126 e. The first kappa shape index (κ1) is 10.8. The van der Waals surface area contributed by atoms with Crippen LogP contribution in [-0.2, 0) is 0 Å². The van der Waals surface area contributed by atoms with Crippen molar-refractivity contribution in [2.24, 2.45) is 0 Å². The lowest BCUT2D eigenvalue weighted by molar-refractivity contribution is 0.974. The van der Waals surface area contributed by atoms with Crippen molar-refractivity contribution in [2.45, 2.75) is 13.3 Å². The van der Waals surface area contributed by atoms with Crippen LogP contribution in [0.5, 0.6) is 0 Å². The lowest BCUT2D eigenvalue weighted by atomic mass is 10.3. The Morgan fingerprint density at radius 1 is 1.62 bits per heavy atom. The van der Waals surface area contributed by atoms with Crippen molar-refractivity contribution < 1.29 is 0 Å². The van der Waals surface area contributed by atoms with Crippen LogP contribution >= 0.6 is 27.5 Å². The molecule has 0 aliphatic rings. The Morgan fingerprint density at radius 2 is 2.38 bits per heavy atom. The van der Waals surface area contributed by atoms with E-state index in [1.54, 1.807) is 6.20 Å². The third-order valence-corrected chi connectivity index (χ3v) is 2.76. The van der Waals surface area contributed by atoms with E-state index in [-0.39, 0.29) is 0 Å². The average Bonchev–Trinajstić information content (AvgIpc) is 2.12. The minimum absolute atomic E-state index is 0.683. The molecule has 1 heterocycles. The summed E-state index contributed by atoms with van der Waals surface area (Å²) in [6.45, 7) is 2.91. The zero-order chi connectivity index (χ0) is 9.68. The molecule has 0 saturated heterocycles. The number of halogens is 2. The van der Waals surface area contributed by atoms with E-state index in [4.69, 9.17) is 11.6 Å². The molecule has 1 rings (SSSR count). The van der Waals surface area contributed by atoms with E-state index >= 15 is 0 Å². The molecule has 0 spiro atoms. The van der Waals surface area contributed by atoms with Crippen LogP contribution < -0.4 is 5.32 Å². The van der Waals surface area contributed by atoms with E-state index in [1.807, 2.05) is 13.0 Å². The van der Waals surface area contributed by atoms with Crippen LogP contribution in [0.25, 0.3) is 0 Å². The molecule has 0 amide bonds. The normalized spacial score (nSPS) is 10.1. The number of rotatable bonds is 4. The monoisotopic (exact) mass is 262 g/mol. The standard InChI is InChI=1S/C9H12BrClN2/c1-7-5-9(12-4-2-3-11)13-6-8(7)10/h5-6H,2-4H2,1H3,(H,12,13). The summed E-state index contributed by atoms with van der Waals surface area (Å²) >= 11 is 8.96. The summed E-state index contributed by atoms with van der Waals surface area (Å²) in [5, 5.41) is 3.20. The number of anilines is 1. The second kappa shape index (κ2) is 5.45. The summed E-state index contributed by atoms with van der Waals surface area (Å²) in [4.78, 5) is 4.21. The number of aromatic nitrogens is 1. The van der Waals surface area contributed by atoms with Gasteiger partial charge >= 0.3 is 0 Å². The Balaban J connectivity index is 2.53. The van der Waals surface area contributed by atoms with Gasteiger partial charge in [-0.2, -0.15) is 0 Å². The first-order chi connectivity index (χ1) is 6.24. The van der Waals surface area contributed by atoms with Crippen LogP contribution in [0.2, 0.25) is 0 Å². The molecule has 0 aliphatic carbocycles. The maximum atomic E-state index is 5.56. The van der Waals surface area contributed by atoms with Crippen LogP contribution in [-0.4, -0.2) is 17.4 Å². The van der Waals surface area contributed by atoms with Gasteiger partial charge in [0.05, 0.1) is 0 Å². The average molecular weight is 264 g/mol. The van der Waals surface area contributed by atoms with Gasteiger partial charge in [-0.05, 0) is 40.9 Å². The van der Waals surface area contributed by atoms with Crippen molar-refractivity contribution in [3.63, 3.8) is 0 Å². The van der Waals surface area contributed by atoms with E-state index in [0.29, 0.717) is 5.88 Å². The molecule has 4 heteroatoms. The van der Waals surface area contributed by atoms with E-state index in [1.165, 1.54) is 5.56 Å².